The van der Waals surface area contributed by atoms with E-state index in [2.05, 4.69) is 44.0 Å². The summed E-state index contributed by atoms with van der Waals surface area (Å²) in [6.07, 6.45) is 3.24. The molecule has 2 heteroatoms. The zero-order chi connectivity index (χ0) is 12.5. The minimum atomic E-state index is 0.123. The Labute approximate surface area is 108 Å². The van der Waals surface area contributed by atoms with Gasteiger partial charge in [0.05, 0.1) is 0 Å². The highest BCUT2D eigenvalue weighted by Crippen LogP contribution is 2.27. The summed E-state index contributed by atoms with van der Waals surface area (Å²) in [6, 6.07) is 8.06. The highest BCUT2D eigenvalue weighted by molar-refractivity contribution is 6.30. The maximum absolute atomic E-state index is 5.91. The summed E-state index contributed by atoms with van der Waals surface area (Å²) < 4.78 is 0. The number of allylic oxidation sites excluding steroid dienone is 1. The Morgan fingerprint density at radius 1 is 1.12 bits per heavy atom. The van der Waals surface area contributed by atoms with Crippen LogP contribution in [0.3, 0.4) is 0 Å². The molecule has 1 aromatic rings. The second kappa shape index (κ2) is 4.66. The first-order valence-electron chi connectivity index (χ1n) is 5.98. The minimum Gasteiger partial charge on any atom is -0.289 e. The van der Waals surface area contributed by atoms with Crippen LogP contribution in [0.2, 0.25) is 5.02 Å². The molecule has 0 radical (unpaired) electrons. The van der Waals surface area contributed by atoms with Crippen LogP contribution in [0.4, 0.5) is 0 Å². The first-order chi connectivity index (χ1) is 7.97. The molecule has 0 unspecified atom stereocenters. The minimum absolute atomic E-state index is 0.123. The van der Waals surface area contributed by atoms with Gasteiger partial charge in [0.15, 0.2) is 0 Å². The number of dihydropyridines is 1. The molecule has 0 amide bonds. The Morgan fingerprint density at radius 3 is 2.35 bits per heavy atom. The number of hydrogen-bond acceptors (Lipinski definition) is 1. The second-order valence-electron chi connectivity index (χ2n) is 5.44. The average molecular weight is 248 g/mol. The molecule has 1 nitrogen and oxygen atoms in total. The summed E-state index contributed by atoms with van der Waals surface area (Å²) in [5.41, 5.74) is 3.93. The largest absolute Gasteiger partial charge is 0.289 e. The topological polar surface area (TPSA) is 12.4 Å². The standard InChI is InChI=1S/C15H18ClN/c1-15(2,3)14-10-12(8-9-17-14)11-4-6-13(16)7-5-11/h4-7,10H,8-9H2,1-3H3. The molecular formula is C15H18ClN. The number of aliphatic imine (C=N–C) groups is 1. The van der Waals surface area contributed by atoms with Gasteiger partial charge >= 0.3 is 0 Å². The van der Waals surface area contributed by atoms with Crippen molar-refractivity contribution in [3.8, 4) is 0 Å². The SMILES string of the molecule is CC(C)(C)C1=NCCC(c2ccc(Cl)cc2)=C1. The van der Waals surface area contributed by atoms with Crippen molar-refractivity contribution in [2.24, 2.45) is 10.4 Å². The van der Waals surface area contributed by atoms with Crippen LogP contribution in [0.1, 0.15) is 32.8 Å². The maximum Gasteiger partial charge on any atom is 0.0433 e. The Hall–Kier alpha value is -1.08. The fourth-order valence-corrected chi connectivity index (χ4v) is 2.05. The number of rotatable bonds is 1. The van der Waals surface area contributed by atoms with Gasteiger partial charge in [-0.15, -0.1) is 0 Å². The lowest BCUT2D eigenvalue weighted by Gasteiger charge is -2.23. The van der Waals surface area contributed by atoms with E-state index in [9.17, 15) is 0 Å². The predicted molar refractivity (Wildman–Crippen MR) is 75.8 cm³/mol. The van der Waals surface area contributed by atoms with Gasteiger partial charge in [0.25, 0.3) is 0 Å². The van der Waals surface area contributed by atoms with E-state index >= 15 is 0 Å². The normalized spacial score (nSPS) is 16.5. The van der Waals surface area contributed by atoms with Crippen LogP contribution >= 0.6 is 11.6 Å². The van der Waals surface area contributed by atoms with Crippen molar-refractivity contribution in [2.45, 2.75) is 27.2 Å². The van der Waals surface area contributed by atoms with Gasteiger partial charge in [-0.1, -0.05) is 44.5 Å². The predicted octanol–water partition coefficient (Wildman–Crippen LogP) is 4.61. The fraction of sp³-hybridized carbons (Fsp3) is 0.400. The molecule has 1 aromatic carbocycles. The first-order valence-corrected chi connectivity index (χ1v) is 6.36. The molecule has 0 fully saturated rings. The Balaban J connectivity index is 2.31. The molecule has 0 saturated heterocycles. The third kappa shape index (κ3) is 2.98. The molecule has 2 rings (SSSR count). The number of benzene rings is 1. The summed E-state index contributed by atoms with van der Waals surface area (Å²) in [5.74, 6) is 0. The zero-order valence-electron chi connectivity index (χ0n) is 10.6. The number of nitrogens with zero attached hydrogens (tertiary/aromatic N) is 1. The Kier molecular flexibility index (Phi) is 3.39. The van der Waals surface area contributed by atoms with Crippen molar-refractivity contribution in [1.29, 1.82) is 0 Å². The van der Waals surface area contributed by atoms with Gasteiger partial charge in [0.2, 0.25) is 0 Å². The van der Waals surface area contributed by atoms with Crippen molar-refractivity contribution in [1.82, 2.24) is 0 Å². The summed E-state index contributed by atoms with van der Waals surface area (Å²) in [4.78, 5) is 4.61. The smallest absolute Gasteiger partial charge is 0.0433 e. The molecule has 0 aromatic heterocycles. The van der Waals surface area contributed by atoms with Crippen molar-refractivity contribution in [3.63, 3.8) is 0 Å². The van der Waals surface area contributed by atoms with Crippen LogP contribution in [0.25, 0.3) is 5.57 Å². The summed E-state index contributed by atoms with van der Waals surface area (Å²) in [6.45, 7) is 7.49. The van der Waals surface area contributed by atoms with Crippen LogP contribution < -0.4 is 0 Å². The lowest BCUT2D eigenvalue weighted by atomic mass is 9.86. The van der Waals surface area contributed by atoms with Crippen LogP contribution in [0.5, 0.6) is 0 Å². The molecule has 0 N–H and O–H groups in total. The monoisotopic (exact) mass is 247 g/mol. The second-order valence-corrected chi connectivity index (χ2v) is 5.88. The summed E-state index contributed by atoms with van der Waals surface area (Å²) in [5, 5.41) is 0.787. The lowest BCUT2D eigenvalue weighted by molar-refractivity contribution is 0.589. The van der Waals surface area contributed by atoms with Gasteiger partial charge in [-0.3, -0.25) is 4.99 Å². The van der Waals surface area contributed by atoms with Gasteiger partial charge in [-0.05, 0) is 35.8 Å². The van der Waals surface area contributed by atoms with E-state index in [1.807, 2.05) is 12.1 Å². The van der Waals surface area contributed by atoms with Crippen molar-refractivity contribution >= 4 is 22.9 Å². The molecule has 1 aliphatic heterocycles. The van der Waals surface area contributed by atoms with Gasteiger partial charge < -0.3 is 0 Å². The van der Waals surface area contributed by atoms with E-state index < -0.39 is 0 Å². The van der Waals surface area contributed by atoms with Crippen molar-refractivity contribution < 1.29 is 0 Å². The van der Waals surface area contributed by atoms with E-state index in [1.54, 1.807) is 0 Å². The van der Waals surface area contributed by atoms with Crippen LogP contribution in [-0.2, 0) is 0 Å². The Morgan fingerprint density at radius 2 is 1.76 bits per heavy atom. The van der Waals surface area contributed by atoms with Gasteiger partial charge in [0, 0.05) is 22.7 Å². The molecule has 0 aliphatic carbocycles. The number of halogens is 1. The molecule has 0 spiro atoms. The molecule has 0 saturated carbocycles. The molecule has 90 valence electrons. The summed E-state index contributed by atoms with van der Waals surface area (Å²) in [7, 11) is 0. The molecule has 17 heavy (non-hydrogen) atoms. The third-order valence-corrected chi connectivity index (χ3v) is 3.21. The molecule has 1 aliphatic rings. The molecule has 0 atom stereocenters. The quantitative estimate of drug-likeness (QED) is 0.687. The van der Waals surface area contributed by atoms with E-state index in [0.717, 1.165) is 18.0 Å². The van der Waals surface area contributed by atoms with Gasteiger partial charge in [-0.2, -0.15) is 0 Å². The highest BCUT2D eigenvalue weighted by Gasteiger charge is 2.20. The van der Waals surface area contributed by atoms with Crippen LogP contribution in [0, 0.1) is 5.41 Å². The van der Waals surface area contributed by atoms with E-state index in [1.165, 1.54) is 16.8 Å². The van der Waals surface area contributed by atoms with E-state index in [0.29, 0.717) is 0 Å². The number of hydrogen-bond donors (Lipinski definition) is 0. The highest BCUT2D eigenvalue weighted by atomic mass is 35.5. The average Bonchev–Trinajstić information content (AvgIpc) is 2.29. The molecule has 1 heterocycles. The van der Waals surface area contributed by atoms with Crippen LogP contribution in [0.15, 0.2) is 35.3 Å². The Bertz CT molecular complexity index is 461. The maximum atomic E-state index is 5.91. The van der Waals surface area contributed by atoms with Gasteiger partial charge in [-0.25, -0.2) is 0 Å². The third-order valence-electron chi connectivity index (χ3n) is 2.96. The first kappa shape index (κ1) is 12.4. The van der Waals surface area contributed by atoms with E-state index in [4.69, 9.17) is 11.6 Å². The van der Waals surface area contributed by atoms with Crippen molar-refractivity contribution in [3.05, 3.63) is 40.9 Å². The summed E-state index contributed by atoms with van der Waals surface area (Å²) >= 11 is 5.91. The van der Waals surface area contributed by atoms with Gasteiger partial charge in [0.1, 0.15) is 0 Å². The van der Waals surface area contributed by atoms with Crippen LogP contribution in [-0.4, -0.2) is 12.3 Å². The molecule has 0 bridgehead atoms. The zero-order valence-corrected chi connectivity index (χ0v) is 11.4. The van der Waals surface area contributed by atoms with Crippen molar-refractivity contribution in [2.75, 3.05) is 6.54 Å². The molecular weight excluding hydrogens is 230 g/mol. The lowest BCUT2D eigenvalue weighted by Crippen LogP contribution is -2.21. The fourth-order valence-electron chi connectivity index (χ4n) is 1.92. The van der Waals surface area contributed by atoms with E-state index in [-0.39, 0.29) is 5.41 Å².